The highest BCUT2D eigenvalue weighted by Crippen LogP contribution is 2.51. The maximum absolute atomic E-state index is 11.6. The zero-order chi connectivity index (χ0) is 8.29. The van der Waals surface area contributed by atoms with Crippen LogP contribution in [0.25, 0.3) is 0 Å². The molecular weight excluding hydrogens is 152 g/mol. The van der Waals surface area contributed by atoms with Crippen molar-refractivity contribution in [1.82, 2.24) is 0 Å². The average Bonchev–Trinajstić information content (AvgIpc) is 1.78. The summed E-state index contributed by atoms with van der Waals surface area (Å²) in [5, 5.41) is 0. The summed E-state index contributed by atoms with van der Waals surface area (Å²) < 4.78 is 0. The molecule has 0 unspecified atom stereocenters. The Morgan fingerprint density at radius 3 is 1.08 bits per heavy atom. The Morgan fingerprint density at radius 1 is 0.667 bits per heavy atom. The first-order valence-electron chi connectivity index (χ1n) is 4.86. The van der Waals surface area contributed by atoms with Crippen LogP contribution in [0.2, 0.25) is 0 Å². The number of ketones is 2. The molecular formula is C10H12O2. The van der Waals surface area contributed by atoms with Crippen LogP contribution in [0.3, 0.4) is 0 Å². The molecule has 12 heavy (non-hydrogen) atoms. The van der Waals surface area contributed by atoms with Crippen LogP contribution in [-0.2, 0) is 9.59 Å². The van der Waals surface area contributed by atoms with Crippen LogP contribution in [0, 0.1) is 23.7 Å². The van der Waals surface area contributed by atoms with E-state index in [1.165, 1.54) is 0 Å². The minimum absolute atomic E-state index is 0.152. The van der Waals surface area contributed by atoms with E-state index in [9.17, 15) is 9.59 Å². The summed E-state index contributed by atoms with van der Waals surface area (Å²) in [4.78, 5) is 23.3. The van der Waals surface area contributed by atoms with Gasteiger partial charge >= 0.3 is 0 Å². The molecule has 0 radical (unpaired) electrons. The molecule has 0 aromatic carbocycles. The highest BCUT2D eigenvalue weighted by molar-refractivity contribution is 6.01. The standard InChI is InChI=1S/C10H12O2/c11-9-5-1-2-6(5)10(12)8-4-3-7(8)9/h5-8H,1-4H2/t5-,6+,7+,8-. The van der Waals surface area contributed by atoms with Crippen LogP contribution < -0.4 is 0 Å². The molecule has 0 heterocycles. The topological polar surface area (TPSA) is 34.1 Å². The first-order chi connectivity index (χ1) is 5.79. The molecule has 3 aliphatic rings. The Hall–Kier alpha value is -0.660. The minimum Gasteiger partial charge on any atom is -0.299 e. The van der Waals surface area contributed by atoms with E-state index in [1.807, 2.05) is 0 Å². The zero-order valence-electron chi connectivity index (χ0n) is 6.95. The van der Waals surface area contributed by atoms with Gasteiger partial charge in [0.15, 0.2) is 0 Å². The van der Waals surface area contributed by atoms with Crippen molar-refractivity contribution in [2.45, 2.75) is 25.7 Å². The Labute approximate surface area is 71.3 Å². The third kappa shape index (κ3) is 0.584. The van der Waals surface area contributed by atoms with Crippen molar-refractivity contribution in [3.8, 4) is 0 Å². The molecule has 3 rings (SSSR count). The van der Waals surface area contributed by atoms with Gasteiger partial charge in [-0.25, -0.2) is 0 Å². The van der Waals surface area contributed by atoms with E-state index in [0.717, 1.165) is 25.7 Å². The Bertz CT molecular complexity index is 217. The molecule has 0 bridgehead atoms. The van der Waals surface area contributed by atoms with Gasteiger partial charge in [0.1, 0.15) is 11.6 Å². The van der Waals surface area contributed by atoms with E-state index in [2.05, 4.69) is 0 Å². The van der Waals surface area contributed by atoms with Crippen molar-refractivity contribution in [2.24, 2.45) is 23.7 Å². The van der Waals surface area contributed by atoms with Gasteiger partial charge in [-0.1, -0.05) is 0 Å². The van der Waals surface area contributed by atoms with Gasteiger partial charge in [0, 0.05) is 23.7 Å². The van der Waals surface area contributed by atoms with Gasteiger partial charge < -0.3 is 0 Å². The smallest absolute Gasteiger partial charge is 0.140 e. The number of fused-ring (bicyclic) bond motifs is 2. The van der Waals surface area contributed by atoms with Gasteiger partial charge in [-0.2, -0.15) is 0 Å². The van der Waals surface area contributed by atoms with Crippen molar-refractivity contribution in [2.75, 3.05) is 0 Å². The molecule has 0 spiro atoms. The third-order valence-corrected chi connectivity index (χ3v) is 4.01. The molecule has 0 aromatic rings. The molecule has 0 aliphatic heterocycles. The lowest BCUT2D eigenvalue weighted by Crippen LogP contribution is -2.55. The number of rotatable bonds is 0. The summed E-state index contributed by atoms with van der Waals surface area (Å²) in [6.45, 7) is 0. The van der Waals surface area contributed by atoms with Gasteiger partial charge in [-0.15, -0.1) is 0 Å². The second-order valence-corrected chi connectivity index (χ2v) is 4.39. The van der Waals surface area contributed by atoms with E-state index in [0.29, 0.717) is 11.6 Å². The number of carbonyl (C=O) groups excluding carboxylic acids is 2. The Kier molecular flexibility index (Phi) is 1.12. The van der Waals surface area contributed by atoms with E-state index in [1.54, 1.807) is 0 Å². The van der Waals surface area contributed by atoms with Crippen LogP contribution in [0.1, 0.15) is 25.7 Å². The van der Waals surface area contributed by atoms with E-state index < -0.39 is 0 Å². The maximum atomic E-state index is 11.6. The summed E-state index contributed by atoms with van der Waals surface area (Å²) in [6, 6.07) is 0. The largest absolute Gasteiger partial charge is 0.299 e. The molecule has 4 atom stereocenters. The minimum atomic E-state index is 0.152. The predicted octanol–water partition coefficient (Wildman–Crippen LogP) is 1.19. The fourth-order valence-corrected chi connectivity index (χ4v) is 2.91. The highest BCUT2D eigenvalue weighted by Gasteiger charge is 2.56. The summed E-state index contributed by atoms with van der Waals surface area (Å²) in [5.41, 5.74) is 0. The Morgan fingerprint density at radius 2 is 0.917 bits per heavy atom. The Balaban J connectivity index is 1.94. The second-order valence-electron chi connectivity index (χ2n) is 4.39. The molecule has 0 saturated heterocycles. The molecule has 3 fully saturated rings. The molecule has 0 amide bonds. The van der Waals surface area contributed by atoms with Gasteiger partial charge in [0.2, 0.25) is 0 Å². The molecule has 3 saturated carbocycles. The monoisotopic (exact) mass is 164 g/mol. The van der Waals surface area contributed by atoms with Crippen molar-refractivity contribution < 1.29 is 9.59 Å². The van der Waals surface area contributed by atoms with E-state index >= 15 is 0 Å². The first kappa shape index (κ1) is 6.81. The molecule has 0 aromatic heterocycles. The summed E-state index contributed by atoms with van der Waals surface area (Å²) in [7, 11) is 0. The SMILES string of the molecule is O=C1[C@H]2CC[C@H]2C(=O)[C@H]2CC[C@@H]12. The summed E-state index contributed by atoms with van der Waals surface area (Å²) in [5.74, 6) is 1.44. The van der Waals surface area contributed by atoms with Gasteiger partial charge in [0.25, 0.3) is 0 Å². The molecule has 64 valence electrons. The first-order valence-corrected chi connectivity index (χ1v) is 4.86. The van der Waals surface area contributed by atoms with Gasteiger partial charge in [-0.05, 0) is 25.7 Å². The van der Waals surface area contributed by atoms with Gasteiger partial charge in [0.05, 0.1) is 0 Å². The lowest BCUT2D eigenvalue weighted by atomic mass is 9.52. The van der Waals surface area contributed by atoms with Crippen LogP contribution in [0.15, 0.2) is 0 Å². The van der Waals surface area contributed by atoms with Crippen LogP contribution in [-0.4, -0.2) is 11.6 Å². The van der Waals surface area contributed by atoms with Crippen LogP contribution in [0.5, 0.6) is 0 Å². The number of Topliss-reactive ketones (excluding diaryl/α,β-unsaturated/α-hetero) is 2. The van der Waals surface area contributed by atoms with E-state index in [-0.39, 0.29) is 23.7 Å². The van der Waals surface area contributed by atoms with Crippen molar-refractivity contribution in [1.29, 1.82) is 0 Å². The quantitative estimate of drug-likeness (QED) is 0.539. The average molecular weight is 164 g/mol. The zero-order valence-corrected chi connectivity index (χ0v) is 6.95. The normalized spacial score (nSPS) is 50.3. The maximum Gasteiger partial charge on any atom is 0.140 e. The molecule has 3 aliphatic carbocycles. The highest BCUT2D eigenvalue weighted by atomic mass is 16.1. The number of hydrogen-bond donors (Lipinski definition) is 0. The lowest BCUT2D eigenvalue weighted by molar-refractivity contribution is -0.159. The van der Waals surface area contributed by atoms with E-state index in [4.69, 9.17) is 0 Å². The lowest BCUT2D eigenvalue weighted by Gasteiger charge is -2.49. The van der Waals surface area contributed by atoms with Crippen molar-refractivity contribution in [3.63, 3.8) is 0 Å². The van der Waals surface area contributed by atoms with Crippen LogP contribution in [0.4, 0.5) is 0 Å². The third-order valence-electron chi connectivity index (χ3n) is 4.01. The fraction of sp³-hybridized carbons (Fsp3) is 0.800. The number of hydrogen-bond acceptors (Lipinski definition) is 2. The molecule has 2 heteroatoms. The predicted molar refractivity (Wildman–Crippen MR) is 42.4 cm³/mol. The van der Waals surface area contributed by atoms with Crippen molar-refractivity contribution in [3.05, 3.63) is 0 Å². The summed E-state index contributed by atoms with van der Waals surface area (Å²) in [6.07, 6.45) is 3.94. The molecule has 2 nitrogen and oxygen atoms in total. The fourth-order valence-electron chi connectivity index (χ4n) is 2.91. The van der Waals surface area contributed by atoms with Gasteiger partial charge in [-0.3, -0.25) is 9.59 Å². The van der Waals surface area contributed by atoms with Crippen molar-refractivity contribution >= 4 is 11.6 Å². The summed E-state index contributed by atoms with van der Waals surface area (Å²) >= 11 is 0. The second kappa shape index (κ2) is 1.98. The van der Waals surface area contributed by atoms with Crippen LogP contribution >= 0.6 is 0 Å². The molecule has 0 N–H and O–H groups in total. The number of carbonyl (C=O) groups is 2.